The maximum Gasteiger partial charge on any atom is 0.226 e. The van der Waals surface area contributed by atoms with Gasteiger partial charge in [-0.2, -0.15) is 5.26 Å². The number of benzene rings is 1. The number of fused-ring (bicyclic) bond motifs is 4. The van der Waals surface area contributed by atoms with E-state index in [1.807, 2.05) is 25.7 Å². The van der Waals surface area contributed by atoms with Crippen molar-refractivity contribution in [2.75, 3.05) is 23.7 Å². The minimum Gasteiger partial charge on any atom is -0.391 e. The summed E-state index contributed by atoms with van der Waals surface area (Å²) in [6, 6.07) is 2.08. The second-order valence-corrected chi connectivity index (χ2v) is 11.9. The van der Waals surface area contributed by atoms with Gasteiger partial charge in [-0.05, 0) is 17.0 Å². The van der Waals surface area contributed by atoms with Crippen molar-refractivity contribution in [3.63, 3.8) is 0 Å². The molecule has 3 aromatic heterocycles. The highest BCUT2D eigenvalue weighted by molar-refractivity contribution is 7.23. The minimum atomic E-state index is -0.548. The average Bonchev–Trinajstić information content (AvgIpc) is 3.68. The fourth-order valence-corrected chi connectivity index (χ4v) is 6.07. The van der Waals surface area contributed by atoms with Gasteiger partial charge in [-0.25, -0.2) is 14.4 Å². The molecule has 218 valence electrons. The van der Waals surface area contributed by atoms with Crippen LogP contribution >= 0.6 is 22.9 Å². The molecule has 41 heavy (non-hydrogen) atoms. The Kier molecular flexibility index (Phi) is 9.65. The van der Waals surface area contributed by atoms with E-state index in [1.54, 1.807) is 6.20 Å². The summed E-state index contributed by atoms with van der Waals surface area (Å²) in [5, 5.41) is 21.6. The van der Waals surface area contributed by atoms with E-state index in [2.05, 4.69) is 36.8 Å². The van der Waals surface area contributed by atoms with Gasteiger partial charge in [-0.3, -0.25) is 4.98 Å². The van der Waals surface area contributed by atoms with Gasteiger partial charge in [-0.1, -0.05) is 59.6 Å². The van der Waals surface area contributed by atoms with E-state index in [0.29, 0.717) is 59.4 Å². The number of halogens is 2. The van der Waals surface area contributed by atoms with E-state index < -0.39 is 11.9 Å². The van der Waals surface area contributed by atoms with Crippen molar-refractivity contribution in [2.24, 2.45) is 11.8 Å². The van der Waals surface area contributed by atoms with Crippen molar-refractivity contribution in [1.82, 2.24) is 15.0 Å². The van der Waals surface area contributed by atoms with E-state index in [4.69, 9.17) is 27.1 Å². The first-order valence-electron chi connectivity index (χ1n) is 13.9. The van der Waals surface area contributed by atoms with Gasteiger partial charge in [0.1, 0.15) is 11.1 Å². The number of aliphatic hydroxyl groups is 1. The molecular formula is C30H36ClFN6O2S. The lowest BCUT2D eigenvalue weighted by atomic mass is 9.94. The van der Waals surface area contributed by atoms with Crippen LogP contribution in [0.3, 0.4) is 0 Å². The van der Waals surface area contributed by atoms with Crippen LogP contribution in [0.5, 0.6) is 0 Å². The number of nitrogen functional groups attached to an aromatic ring is 1. The highest BCUT2D eigenvalue weighted by atomic mass is 35.5. The number of ether oxygens (including phenoxy) is 1. The Balaban J connectivity index is 0.000000502. The molecule has 2 unspecified atom stereocenters. The molecule has 1 aromatic carbocycles. The summed E-state index contributed by atoms with van der Waals surface area (Å²) in [4.78, 5) is 15.6. The smallest absolute Gasteiger partial charge is 0.226 e. The lowest BCUT2D eigenvalue weighted by Gasteiger charge is -2.18. The summed E-state index contributed by atoms with van der Waals surface area (Å²) >= 11 is 7.99. The number of anilines is 2. The lowest BCUT2D eigenvalue weighted by Crippen LogP contribution is -2.23. The SMILES string of the molecule is CC.CC1CN(c2ncc3c4c(c(-c5ncc(F)c6sc(N)c(C#N)c56)c(Cl)c3n2)COC4)CC1O.CCC(C)C. The predicted octanol–water partition coefficient (Wildman–Crippen LogP) is 7.08. The number of thiophene rings is 1. The van der Waals surface area contributed by atoms with Crippen LogP contribution in [-0.4, -0.2) is 39.3 Å². The zero-order valence-electron chi connectivity index (χ0n) is 24.3. The molecule has 6 rings (SSSR count). The molecule has 0 radical (unpaired) electrons. The van der Waals surface area contributed by atoms with Crippen LogP contribution in [0, 0.1) is 29.0 Å². The second-order valence-electron chi connectivity index (χ2n) is 10.4. The zero-order valence-corrected chi connectivity index (χ0v) is 25.8. The van der Waals surface area contributed by atoms with E-state index in [9.17, 15) is 14.8 Å². The maximum absolute atomic E-state index is 14.6. The normalized spacial score (nSPS) is 17.7. The second kappa shape index (κ2) is 12.8. The molecule has 0 amide bonds. The molecular weight excluding hydrogens is 563 g/mol. The van der Waals surface area contributed by atoms with Crippen molar-refractivity contribution in [2.45, 2.75) is 67.3 Å². The fraction of sp³-hybridized carbons (Fsp3) is 0.467. The van der Waals surface area contributed by atoms with Crippen molar-refractivity contribution in [3.8, 4) is 17.3 Å². The summed E-state index contributed by atoms with van der Waals surface area (Å²) in [5.74, 6) is 0.907. The highest BCUT2D eigenvalue weighted by Gasteiger charge is 2.32. The molecule has 2 atom stereocenters. The van der Waals surface area contributed by atoms with E-state index in [-0.39, 0.29) is 21.2 Å². The first kappa shape index (κ1) is 30.8. The Labute approximate surface area is 248 Å². The van der Waals surface area contributed by atoms with Crippen LogP contribution in [0.15, 0.2) is 12.4 Å². The molecule has 1 fully saturated rings. The maximum atomic E-state index is 14.6. The van der Waals surface area contributed by atoms with Crippen LogP contribution in [0.4, 0.5) is 15.3 Å². The van der Waals surface area contributed by atoms with Crippen molar-refractivity contribution in [1.29, 1.82) is 5.26 Å². The number of nitrogens with two attached hydrogens (primary N) is 1. The van der Waals surface area contributed by atoms with Crippen LogP contribution in [0.2, 0.25) is 5.02 Å². The van der Waals surface area contributed by atoms with Crippen molar-refractivity contribution >= 4 is 54.9 Å². The number of aromatic nitrogens is 3. The van der Waals surface area contributed by atoms with Gasteiger partial charge in [0, 0.05) is 41.5 Å². The molecule has 1 saturated heterocycles. The molecule has 11 heteroatoms. The number of hydrogen-bond acceptors (Lipinski definition) is 9. The molecule has 0 bridgehead atoms. The summed E-state index contributed by atoms with van der Waals surface area (Å²) in [7, 11) is 0. The predicted molar refractivity (Wildman–Crippen MR) is 165 cm³/mol. The third kappa shape index (κ3) is 5.69. The fourth-order valence-electron chi connectivity index (χ4n) is 4.80. The van der Waals surface area contributed by atoms with Gasteiger partial charge in [0.25, 0.3) is 0 Å². The van der Waals surface area contributed by atoms with Crippen LogP contribution in [-0.2, 0) is 18.0 Å². The largest absolute Gasteiger partial charge is 0.391 e. The lowest BCUT2D eigenvalue weighted by molar-refractivity contribution is 0.135. The Morgan fingerprint density at radius 3 is 2.54 bits per heavy atom. The molecule has 0 saturated carbocycles. The molecule has 2 aliphatic rings. The summed E-state index contributed by atoms with van der Waals surface area (Å²) in [5.41, 5.74) is 9.35. The van der Waals surface area contributed by atoms with Crippen LogP contribution in [0.25, 0.3) is 32.2 Å². The first-order valence-corrected chi connectivity index (χ1v) is 15.1. The molecule has 5 heterocycles. The Morgan fingerprint density at radius 1 is 1.24 bits per heavy atom. The zero-order chi connectivity index (χ0) is 30.0. The molecule has 3 N–H and O–H groups in total. The highest BCUT2D eigenvalue weighted by Crippen LogP contribution is 2.47. The molecule has 0 spiro atoms. The average molecular weight is 599 g/mol. The monoisotopic (exact) mass is 598 g/mol. The Morgan fingerprint density at radius 2 is 1.93 bits per heavy atom. The minimum absolute atomic E-state index is 0.101. The van der Waals surface area contributed by atoms with Gasteiger partial charge in [-0.15, -0.1) is 11.3 Å². The van der Waals surface area contributed by atoms with Gasteiger partial charge >= 0.3 is 0 Å². The third-order valence-corrected chi connectivity index (χ3v) is 8.80. The number of pyridine rings is 1. The number of β-amino-alcohol motifs (C(OH)–C–C–N with tert-alkyl or cyclic N) is 1. The summed E-state index contributed by atoms with van der Waals surface area (Å²) in [6.45, 7) is 14.3. The van der Waals surface area contributed by atoms with Crippen molar-refractivity contribution < 1.29 is 14.2 Å². The number of nitrogens with zero attached hydrogens (tertiary/aromatic N) is 5. The third-order valence-electron chi connectivity index (χ3n) is 7.40. The summed E-state index contributed by atoms with van der Waals surface area (Å²) < 4.78 is 20.6. The number of aliphatic hydroxyl groups excluding tert-OH is 1. The number of nitriles is 1. The number of rotatable bonds is 3. The first-order chi connectivity index (χ1) is 19.7. The van der Waals surface area contributed by atoms with Gasteiger partial charge in [0.15, 0.2) is 5.82 Å². The van der Waals surface area contributed by atoms with Gasteiger partial charge in [0.05, 0.1) is 52.0 Å². The standard InChI is InChI=1S/C23H18ClFN6O2S.C5H12.C2H6/c1-9-5-31(6-15(9)32)23-29-3-11-12-7-33-8-13(12)16(18(24)19(11)30-23)20-17-10(2-26)22(27)34-21(17)14(25)4-28-20;1-4-5(2)3;1-2/h3-4,9,15,32H,5-8,27H2,1H3;5H,4H2,1-3H3;1-2H3. The van der Waals surface area contributed by atoms with Crippen LogP contribution in [0.1, 0.15) is 64.7 Å². The van der Waals surface area contributed by atoms with Crippen molar-refractivity contribution in [3.05, 3.63) is 39.9 Å². The quantitative estimate of drug-likeness (QED) is 0.257. The number of hydrogen-bond donors (Lipinski definition) is 2. The van der Waals surface area contributed by atoms with E-state index in [1.165, 1.54) is 6.42 Å². The van der Waals surface area contributed by atoms with E-state index >= 15 is 0 Å². The Hall–Kier alpha value is -3.10. The topological polar surface area (TPSA) is 121 Å². The van der Waals surface area contributed by atoms with Gasteiger partial charge in [0.2, 0.25) is 5.95 Å². The molecule has 8 nitrogen and oxygen atoms in total. The van der Waals surface area contributed by atoms with Gasteiger partial charge < -0.3 is 20.5 Å². The molecule has 2 aliphatic heterocycles. The summed E-state index contributed by atoms with van der Waals surface area (Å²) in [6.07, 6.45) is 3.70. The molecule has 4 aromatic rings. The Bertz CT molecular complexity index is 1610. The van der Waals surface area contributed by atoms with E-state index in [0.717, 1.165) is 40.0 Å². The van der Waals surface area contributed by atoms with Crippen LogP contribution < -0.4 is 10.6 Å². The molecule has 0 aliphatic carbocycles.